The van der Waals surface area contributed by atoms with E-state index in [1.807, 2.05) is 10.9 Å². The number of aromatic nitrogens is 2. The third-order valence-electron chi connectivity index (χ3n) is 3.48. The van der Waals surface area contributed by atoms with Crippen molar-refractivity contribution in [1.82, 2.24) is 9.78 Å². The largest absolute Gasteiger partial charge is 0.327 e. The lowest BCUT2D eigenvalue weighted by Gasteiger charge is -2.11. The van der Waals surface area contributed by atoms with Gasteiger partial charge in [0.25, 0.3) is 0 Å². The van der Waals surface area contributed by atoms with Crippen molar-refractivity contribution in [2.45, 2.75) is 45.6 Å². The molecule has 108 valence electrons. The number of nitrogens with zero attached hydrogens (tertiary/aromatic N) is 2. The average molecular weight is 336 g/mol. The van der Waals surface area contributed by atoms with E-state index in [1.54, 1.807) is 0 Å². The smallest absolute Gasteiger partial charge is 0.0787 e. The molecule has 1 heterocycles. The standard InChI is InChI=1S/C16H22BrN3/c1-4-13(18)9-12-5-6-16(14(17)10-12)20-8-7-15(19-20)11(2)3/h5-8,10-11,13H,4,9,18H2,1-3H3. The molecule has 1 unspecified atom stereocenters. The van der Waals surface area contributed by atoms with Gasteiger partial charge in [-0.3, -0.25) is 0 Å². The minimum absolute atomic E-state index is 0.227. The molecule has 2 rings (SSSR count). The van der Waals surface area contributed by atoms with Crippen LogP contribution in [0.4, 0.5) is 0 Å². The zero-order chi connectivity index (χ0) is 14.7. The van der Waals surface area contributed by atoms with Crippen molar-refractivity contribution in [2.75, 3.05) is 0 Å². The summed E-state index contributed by atoms with van der Waals surface area (Å²) in [6.45, 7) is 6.42. The number of halogens is 1. The van der Waals surface area contributed by atoms with Crippen molar-refractivity contribution < 1.29 is 0 Å². The first-order valence-corrected chi connectivity index (χ1v) is 7.90. The molecule has 0 aliphatic rings. The Hall–Kier alpha value is -1.13. The lowest BCUT2D eigenvalue weighted by atomic mass is 10.0. The van der Waals surface area contributed by atoms with Crippen molar-refractivity contribution in [1.29, 1.82) is 0 Å². The molecular weight excluding hydrogens is 314 g/mol. The van der Waals surface area contributed by atoms with Crippen LogP contribution in [0.15, 0.2) is 34.9 Å². The van der Waals surface area contributed by atoms with Crippen LogP contribution in [0.25, 0.3) is 5.69 Å². The van der Waals surface area contributed by atoms with E-state index in [-0.39, 0.29) is 6.04 Å². The summed E-state index contributed by atoms with van der Waals surface area (Å²) in [5.41, 5.74) is 9.43. The van der Waals surface area contributed by atoms with Crippen molar-refractivity contribution in [3.63, 3.8) is 0 Å². The first-order valence-electron chi connectivity index (χ1n) is 7.11. The van der Waals surface area contributed by atoms with Crippen LogP contribution in [0.5, 0.6) is 0 Å². The maximum absolute atomic E-state index is 6.01. The maximum Gasteiger partial charge on any atom is 0.0787 e. The van der Waals surface area contributed by atoms with Crippen LogP contribution in [0.3, 0.4) is 0 Å². The first-order chi connectivity index (χ1) is 9.51. The molecule has 0 aliphatic carbocycles. The van der Waals surface area contributed by atoms with Gasteiger partial charge in [0, 0.05) is 16.7 Å². The molecule has 2 aromatic rings. The number of hydrogen-bond acceptors (Lipinski definition) is 2. The van der Waals surface area contributed by atoms with Crippen LogP contribution in [-0.4, -0.2) is 15.8 Å². The van der Waals surface area contributed by atoms with Gasteiger partial charge in [-0.2, -0.15) is 5.10 Å². The highest BCUT2D eigenvalue weighted by Gasteiger charge is 2.09. The van der Waals surface area contributed by atoms with E-state index < -0.39 is 0 Å². The fourth-order valence-electron chi connectivity index (χ4n) is 2.09. The van der Waals surface area contributed by atoms with Gasteiger partial charge in [-0.1, -0.05) is 26.8 Å². The number of rotatable bonds is 5. The second-order valence-electron chi connectivity index (χ2n) is 5.50. The molecule has 0 saturated carbocycles. The van der Waals surface area contributed by atoms with E-state index in [1.165, 1.54) is 5.56 Å². The highest BCUT2D eigenvalue weighted by atomic mass is 79.9. The van der Waals surface area contributed by atoms with E-state index in [9.17, 15) is 0 Å². The molecule has 3 nitrogen and oxygen atoms in total. The van der Waals surface area contributed by atoms with Gasteiger partial charge in [-0.05, 0) is 58.5 Å². The lowest BCUT2D eigenvalue weighted by Crippen LogP contribution is -2.21. The van der Waals surface area contributed by atoms with Crippen molar-refractivity contribution >= 4 is 15.9 Å². The van der Waals surface area contributed by atoms with Crippen LogP contribution in [0.2, 0.25) is 0 Å². The summed E-state index contributed by atoms with van der Waals surface area (Å²) in [4.78, 5) is 0. The lowest BCUT2D eigenvalue weighted by molar-refractivity contribution is 0.646. The highest BCUT2D eigenvalue weighted by molar-refractivity contribution is 9.10. The Balaban J connectivity index is 2.24. The van der Waals surface area contributed by atoms with Gasteiger partial charge < -0.3 is 5.73 Å². The SMILES string of the molecule is CCC(N)Cc1ccc(-n2ccc(C(C)C)n2)c(Br)c1. The van der Waals surface area contributed by atoms with Crippen molar-refractivity contribution in [3.05, 3.63) is 46.2 Å². The molecule has 0 spiro atoms. The number of benzene rings is 1. The average Bonchev–Trinajstić information content (AvgIpc) is 2.88. The molecule has 0 radical (unpaired) electrons. The zero-order valence-electron chi connectivity index (χ0n) is 12.3. The van der Waals surface area contributed by atoms with Crippen LogP contribution in [-0.2, 0) is 6.42 Å². The Morgan fingerprint density at radius 3 is 2.60 bits per heavy atom. The predicted molar refractivity (Wildman–Crippen MR) is 87.3 cm³/mol. The summed E-state index contributed by atoms with van der Waals surface area (Å²) in [7, 11) is 0. The van der Waals surface area contributed by atoms with Crippen molar-refractivity contribution in [2.24, 2.45) is 5.73 Å². The molecule has 0 fully saturated rings. The van der Waals surface area contributed by atoms with E-state index >= 15 is 0 Å². The van der Waals surface area contributed by atoms with Gasteiger partial charge in [0.2, 0.25) is 0 Å². The maximum atomic E-state index is 6.01. The van der Waals surface area contributed by atoms with E-state index in [0.29, 0.717) is 5.92 Å². The summed E-state index contributed by atoms with van der Waals surface area (Å²) >= 11 is 3.64. The number of nitrogens with two attached hydrogens (primary N) is 1. The molecule has 0 amide bonds. The van der Waals surface area contributed by atoms with Gasteiger partial charge in [-0.25, -0.2) is 4.68 Å². The predicted octanol–water partition coefficient (Wildman–Crippen LogP) is 4.04. The van der Waals surface area contributed by atoms with Gasteiger partial charge in [0.1, 0.15) is 0 Å². The molecule has 20 heavy (non-hydrogen) atoms. The van der Waals surface area contributed by atoms with Gasteiger partial charge in [0.15, 0.2) is 0 Å². The topological polar surface area (TPSA) is 43.8 Å². The quantitative estimate of drug-likeness (QED) is 0.896. The van der Waals surface area contributed by atoms with Crippen LogP contribution >= 0.6 is 15.9 Å². The Bertz CT molecular complexity index is 575. The molecule has 1 atom stereocenters. The molecule has 0 saturated heterocycles. The fourth-order valence-corrected chi connectivity index (χ4v) is 2.70. The molecule has 0 aliphatic heterocycles. The monoisotopic (exact) mass is 335 g/mol. The van der Waals surface area contributed by atoms with E-state index in [0.717, 1.165) is 28.7 Å². The molecule has 1 aromatic heterocycles. The van der Waals surface area contributed by atoms with Crippen LogP contribution < -0.4 is 5.73 Å². The van der Waals surface area contributed by atoms with Gasteiger partial charge in [-0.15, -0.1) is 0 Å². The summed E-state index contributed by atoms with van der Waals surface area (Å²) in [5.74, 6) is 0.442. The normalized spacial score (nSPS) is 12.9. The molecule has 2 N–H and O–H groups in total. The zero-order valence-corrected chi connectivity index (χ0v) is 13.9. The number of hydrogen-bond donors (Lipinski definition) is 1. The molecular formula is C16H22BrN3. The summed E-state index contributed by atoms with van der Waals surface area (Å²) in [6, 6.07) is 8.66. The second kappa shape index (κ2) is 6.55. The van der Waals surface area contributed by atoms with Gasteiger partial charge >= 0.3 is 0 Å². The summed E-state index contributed by atoms with van der Waals surface area (Å²) in [6.07, 6.45) is 3.91. The van der Waals surface area contributed by atoms with Crippen LogP contribution in [0.1, 0.15) is 44.4 Å². The Labute approximate surface area is 129 Å². The summed E-state index contributed by atoms with van der Waals surface area (Å²) < 4.78 is 2.97. The minimum Gasteiger partial charge on any atom is -0.327 e. The Kier molecular flexibility index (Phi) is 5.00. The van der Waals surface area contributed by atoms with E-state index in [4.69, 9.17) is 5.73 Å². The van der Waals surface area contributed by atoms with E-state index in [2.05, 4.69) is 66.1 Å². The highest BCUT2D eigenvalue weighted by Crippen LogP contribution is 2.24. The molecule has 0 bridgehead atoms. The third-order valence-corrected chi connectivity index (χ3v) is 4.12. The summed E-state index contributed by atoms with van der Waals surface area (Å²) in [5, 5.41) is 4.61. The third kappa shape index (κ3) is 3.49. The first kappa shape index (κ1) is 15.3. The van der Waals surface area contributed by atoms with Gasteiger partial charge in [0.05, 0.1) is 11.4 Å². The van der Waals surface area contributed by atoms with Crippen molar-refractivity contribution in [3.8, 4) is 5.69 Å². The Morgan fingerprint density at radius 1 is 1.30 bits per heavy atom. The second-order valence-corrected chi connectivity index (χ2v) is 6.35. The molecule has 4 heteroatoms. The minimum atomic E-state index is 0.227. The molecule has 1 aromatic carbocycles. The Morgan fingerprint density at radius 2 is 2.05 bits per heavy atom. The fraction of sp³-hybridized carbons (Fsp3) is 0.438. The van der Waals surface area contributed by atoms with Crippen LogP contribution in [0, 0.1) is 0 Å².